The fourth-order valence-electron chi connectivity index (χ4n) is 1.38. The van der Waals surface area contributed by atoms with Gasteiger partial charge in [0.25, 0.3) is 0 Å². The quantitative estimate of drug-likeness (QED) is 0.546. The van der Waals surface area contributed by atoms with Crippen LogP contribution in [0.2, 0.25) is 0 Å². The summed E-state index contributed by atoms with van der Waals surface area (Å²) < 4.78 is 27.3. The first-order valence-corrected chi connectivity index (χ1v) is 7.82. The molecule has 0 fully saturated rings. The molecule has 98 valence electrons. The van der Waals surface area contributed by atoms with Gasteiger partial charge in [0.05, 0.1) is 12.1 Å². The Morgan fingerprint density at radius 1 is 1.29 bits per heavy atom. The van der Waals surface area contributed by atoms with Crippen molar-refractivity contribution in [1.29, 1.82) is 0 Å². The summed E-state index contributed by atoms with van der Waals surface area (Å²) in [6.45, 7) is 1.35. The minimum atomic E-state index is -3.13. The molecular formula is C10H18ClN3O2S. The summed E-state index contributed by atoms with van der Waals surface area (Å²) in [6.07, 6.45) is 7.61. The predicted molar refractivity (Wildman–Crippen MR) is 68.6 cm³/mol. The van der Waals surface area contributed by atoms with Crippen LogP contribution in [-0.4, -0.2) is 36.1 Å². The lowest BCUT2D eigenvalue weighted by Crippen LogP contribution is -2.27. The molecule has 0 atom stereocenters. The third-order valence-electron chi connectivity index (χ3n) is 2.27. The smallest absolute Gasteiger partial charge is 0.211 e. The number of rotatable bonds is 9. The zero-order valence-corrected chi connectivity index (χ0v) is 11.3. The van der Waals surface area contributed by atoms with Gasteiger partial charge in [0.1, 0.15) is 0 Å². The lowest BCUT2D eigenvalue weighted by molar-refractivity contribution is 0.565. The Morgan fingerprint density at radius 2 is 2.12 bits per heavy atom. The highest BCUT2D eigenvalue weighted by molar-refractivity contribution is 7.89. The van der Waals surface area contributed by atoms with E-state index >= 15 is 0 Å². The van der Waals surface area contributed by atoms with Gasteiger partial charge >= 0.3 is 0 Å². The second kappa shape index (κ2) is 7.68. The zero-order valence-electron chi connectivity index (χ0n) is 9.68. The maximum atomic E-state index is 11.4. The van der Waals surface area contributed by atoms with E-state index in [2.05, 4.69) is 9.71 Å². The Hall–Kier alpha value is -0.590. The van der Waals surface area contributed by atoms with Crippen molar-refractivity contribution < 1.29 is 8.42 Å². The van der Waals surface area contributed by atoms with Gasteiger partial charge in [-0.3, -0.25) is 0 Å². The molecule has 0 spiro atoms. The summed E-state index contributed by atoms with van der Waals surface area (Å²) in [5.41, 5.74) is 0. The number of hydrogen-bond acceptors (Lipinski definition) is 3. The van der Waals surface area contributed by atoms with Crippen LogP contribution in [0.4, 0.5) is 0 Å². The molecule has 0 radical (unpaired) electrons. The van der Waals surface area contributed by atoms with Crippen molar-refractivity contribution in [2.45, 2.75) is 25.8 Å². The summed E-state index contributed by atoms with van der Waals surface area (Å²) in [5, 5.41) is 0. The molecule has 0 saturated heterocycles. The first-order valence-electron chi connectivity index (χ1n) is 5.63. The van der Waals surface area contributed by atoms with Gasteiger partial charge in [-0.05, 0) is 19.3 Å². The Labute approximate surface area is 107 Å². The molecule has 1 aromatic rings. The minimum Gasteiger partial charge on any atom is -0.337 e. The second-order valence-corrected chi connectivity index (χ2v) is 6.07. The fourth-order valence-corrected chi connectivity index (χ4v) is 2.80. The first kappa shape index (κ1) is 14.5. The molecule has 1 N–H and O–H groups in total. The third kappa shape index (κ3) is 6.65. The van der Waals surface area contributed by atoms with E-state index in [-0.39, 0.29) is 5.75 Å². The van der Waals surface area contributed by atoms with Crippen LogP contribution < -0.4 is 4.72 Å². The van der Waals surface area contributed by atoms with Gasteiger partial charge < -0.3 is 4.57 Å². The van der Waals surface area contributed by atoms with E-state index in [1.54, 1.807) is 12.5 Å². The summed E-state index contributed by atoms with van der Waals surface area (Å²) in [6, 6.07) is 0. The molecular weight excluding hydrogens is 262 g/mol. The molecule has 7 heteroatoms. The SMILES string of the molecule is O=S(=O)(CCCCl)NCCCCn1ccnc1. The number of hydrogen-bond donors (Lipinski definition) is 1. The van der Waals surface area contributed by atoms with Gasteiger partial charge in [-0.1, -0.05) is 0 Å². The molecule has 17 heavy (non-hydrogen) atoms. The molecule has 0 unspecified atom stereocenters. The van der Waals surface area contributed by atoms with E-state index in [9.17, 15) is 8.42 Å². The van der Waals surface area contributed by atoms with E-state index < -0.39 is 10.0 Å². The monoisotopic (exact) mass is 279 g/mol. The van der Waals surface area contributed by atoms with Gasteiger partial charge in [-0.25, -0.2) is 18.1 Å². The van der Waals surface area contributed by atoms with Crippen LogP contribution in [0.1, 0.15) is 19.3 Å². The van der Waals surface area contributed by atoms with Crippen molar-refractivity contribution >= 4 is 21.6 Å². The van der Waals surface area contributed by atoms with Gasteiger partial charge in [0, 0.05) is 31.4 Å². The van der Waals surface area contributed by atoms with Gasteiger partial charge in [0.2, 0.25) is 10.0 Å². The van der Waals surface area contributed by atoms with Crippen molar-refractivity contribution in [3.8, 4) is 0 Å². The van der Waals surface area contributed by atoms with Crippen molar-refractivity contribution in [2.24, 2.45) is 0 Å². The number of sulfonamides is 1. The Bertz CT molecular complexity index is 392. The standard InChI is InChI=1S/C10H18ClN3O2S/c11-4-3-9-17(15,16)13-5-1-2-7-14-8-6-12-10-14/h6,8,10,13H,1-5,7,9H2. The summed E-state index contributed by atoms with van der Waals surface area (Å²) in [4.78, 5) is 3.93. The predicted octanol–water partition coefficient (Wildman–Crippen LogP) is 1.21. The number of aromatic nitrogens is 2. The highest BCUT2D eigenvalue weighted by Crippen LogP contribution is 1.96. The normalized spacial score (nSPS) is 11.8. The van der Waals surface area contributed by atoms with Crippen molar-refractivity contribution in [1.82, 2.24) is 14.3 Å². The molecule has 0 amide bonds. The van der Waals surface area contributed by atoms with E-state index in [1.165, 1.54) is 0 Å². The molecule has 0 saturated carbocycles. The van der Waals surface area contributed by atoms with Crippen LogP contribution >= 0.6 is 11.6 Å². The largest absolute Gasteiger partial charge is 0.337 e. The van der Waals surface area contributed by atoms with Gasteiger partial charge in [0.15, 0.2) is 0 Å². The van der Waals surface area contributed by atoms with Gasteiger partial charge in [-0.15, -0.1) is 11.6 Å². The van der Waals surface area contributed by atoms with Crippen molar-refractivity contribution in [3.63, 3.8) is 0 Å². The van der Waals surface area contributed by atoms with E-state index in [0.29, 0.717) is 18.8 Å². The van der Waals surface area contributed by atoms with Gasteiger partial charge in [-0.2, -0.15) is 0 Å². The zero-order chi connectivity index (χ0) is 12.6. The Morgan fingerprint density at radius 3 is 2.76 bits per heavy atom. The average molecular weight is 280 g/mol. The van der Waals surface area contributed by atoms with Crippen LogP contribution in [0.25, 0.3) is 0 Å². The molecule has 0 aromatic carbocycles. The molecule has 0 aliphatic rings. The second-order valence-electron chi connectivity index (χ2n) is 3.76. The van der Waals surface area contributed by atoms with E-state index in [0.717, 1.165) is 19.4 Å². The molecule has 0 bridgehead atoms. The summed E-state index contributed by atoms with van der Waals surface area (Å²) in [5.74, 6) is 0.486. The van der Waals surface area contributed by atoms with E-state index in [1.807, 2.05) is 10.8 Å². The van der Waals surface area contributed by atoms with Crippen LogP contribution in [-0.2, 0) is 16.6 Å². The topological polar surface area (TPSA) is 64.0 Å². The molecule has 0 aliphatic carbocycles. The maximum Gasteiger partial charge on any atom is 0.211 e. The number of nitrogens with zero attached hydrogens (tertiary/aromatic N) is 2. The Kier molecular flexibility index (Phi) is 6.54. The Balaban J connectivity index is 2.07. The number of unbranched alkanes of at least 4 members (excludes halogenated alkanes) is 1. The van der Waals surface area contributed by atoms with Crippen molar-refractivity contribution in [2.75, 3.05) is 18.2 Å². The van der Waals surface area contributed by atoms with Crippen LogP contribution in [0.15, 0.2) is 18.7 Å². The summed E-state index contributed by atoms with van der Waals surface area (Å²) in [7, 11) is -3.13. The summed E-state index contributed by atoms with van der Waals surface area (Å²) >= 11 is 5.45. The fraction of sp³-hybridized carbons (Fsp3) is 0.700. The number of halogens is 1. The lowest BCUT2D eigenvalue weighted by Gasteiger charge is -2.06. The van der Waals surface area contributed by atoms with Crippen LogP contribution in [0, 0.1) is 0 Å². The minimum absolute atomic E-state index is 0.109. The first-order chi connectivity index (χ1) is 8.14. The molecule has 1 aromatic heterocycles. The number of aryl methyl sites for hydroxylation is 1. The lowest BCUT2D eigenvalue weighted by atomic mass is 10.3. The number of alkyl halides is 1. The molecule has 1 heterocycles. The van der Waals surface area contributed by atoms with Crippen molar-refractivity contribution in [3.05, 3.63) is 18.7 Å². The highest BCUT2D eigenvalue weighted by atomic mass is 35.5. The molecule has 0 aliphatic heterocycles. The average Bonchev–Trinajstić information content (AvgIpc) is 2.79. The van der Waals surface area contributed by atoms with Crippen LogP contribution in [0.3, 0.4) is 0 Å². The van der Waals surface area contributed by atoms with Crippen LogP contribution in [0.5, 0.6) is 0 Å². The molecule has 5 nitrogen and oxygen atoms in total. The molecule has 1 rings (SSSR count). The number of imidazole rings is 1. The maximum absolute atomic E-state index is 11.4. The highest BCUT2D eigenvalue weighted by Gasteiger charge is 2.07. The van der Waals surface area contributed by atoms with E-state index in [4.69, 9.17) is 11.6 Å². The number of nitrogens with one attached hydrogen (secondary N) is 1. The third-order valence-corrected chi connectivity index (χ3v) is 4.01.